The summed E-state index contributed by atoms with van der Waals surface area (Å²) in [7, 11) is 0. The first-order valence-corrected chi connectivity index (χ1v) is 1.63. The van der Waals surface area contributed by atoms with Gasteiger partial charge in [0.15, 0.2) is 0 Å². The summed E-state index contributed by atoms with van der Waals surface area (Å²) in [5, 5.41) is 15.8. The summed E-state index contributed by atoms with van der Waals surface area (Å²) in [5.41, 5.74) is 0. The Kier molecular flexibility index (Phi) is 14.5. The minimum absolute atomic E-state index is 0. The van der Waals surface area contributed by atoms with Crippen molar-refractivity contribution < 1.29 is 10.2 Å². The Morgan fingerprint density at radius 2 is 1.33 bits per heavy atom. The Bertz CT molecular complexity index is 16.3. The fourth-order valence-corrected chi connectivity index (χ4v) is 0.0707. The van der Waals surface area contributed by atoms with Crippen LogP contribution in [0, 0.1) is 0 Å². The molecule has 0 heterocycles. The van der Waals surface area contributed by atoms with Crippen LogP contribution in [-0.2, 0) is 0 Å². The molecule has 0 aromatic carbocycles. The second-order valence-electron chi connectivity index (χ2n) is 0.801. The van der Waals surface area contributed by atoms with Crippen LogP contribution in [0.4, 0.5) is 0 Å². The lowest BCUT2D eigenvalue weighted by Gasteiger charge is -1.79. The topological polar surface area (TPSA) is 40.5 Å². The van der Waals surface area contributed by atoms with Gasteiger partial charge in [-0.05, 0) is 6.42 Å². The van der Waals surface area contributed by atoms with Gasteiger partial charge >= 0.3 is 0 Å². The van der Waals surface area contributed by atoms with E-state index >= 15 is 0 Å². The zero-order valence-corrected chi connectivity index (χ0v) is 5.14. The van der Waals surface area contributed by atoms with Gasteiger partial charge in [-0.25, -0.2) is 0 Å². The van der Waals surface area contributed by atoms with Crippen LogP contribution in [0.3, 0.4) is 0 Å². The summed E-state index contributed by atoms with van der Waals surface area (Å²) < 4.78 is 0. The van der Waals surface area contributed by atoms with Gasteiger partial charge in [-0.15, -0.1) is 17.0 Å². The Labute approximate surface area is 47.6 Å². The van der Waals surface area contributed by atoms with Gasteiger partial charge in [0, 0.05) is 13.2 Å². The van der Waals surface area contributed by atoms with E-state index in [1.54, 1.807) is 0 Å². The smallest absolute Gasteiger partial charge is 0.0452 e. The van der Waals surface area contributed by atoms with E-state index in [9.17, 15) is 0 Å². The number of aliphatic hydroxyl groups is 2. The third-order valence-corrected chi connectivity index (χ3v) is 0.316. The van der Waals surface area contributed by atoms with Gasteiger partial charge in [-0.1, -0.05) is 0 Å². The summed E-state index contributed by atoms with van der Waals surface area (Å²) in [6.07, 6.45) is 0.500. The maximum atomic E-state index is 7.91. The first-order valence-electron chi connectivity index (χ1n) is 1.63. The molecule has 40 valence electrons. The van der Waals surface area contributed by atoms with E-state index in [1.165, 1.54) is 0 Å². The van der Waals surface area contributed by atoms with Crippen molar-refractivity contribution in [3.63, 3.8) is 0 Å². The number of hydrogen-bond donors (Lipinski definition) is 2. The molecule has 6 heavy (non-hydrogen) atoms. The number of aliphatic hydroxyl groups excluding tert-OH is 2. The molecule has 0 saturated heterocycles. The highest BCUT2D eigenvalue weighted by Gasteiger charge is 1.70. The SMILES string of the molecule is Br.OCCCO. The Morgan fingerprint density at radius 3 is 1.33 bits per heavy atom. The van der Waals surface area contributed by atoms with Crippen LogP contribution in [0.1, 0.15) is 6.42 Å². The van der Waals surface area contributed by atoms with Gasteiger partial charge in [0.25, 0.3) is 0 Å². The molecule has 0 atom stereocenters. The number of rotatable bonds is 2. The van der Waals surface area contributed by atoms with Gasteiger partial charge in [-0.2, -0.15) is 0 Å². The molecule has 0 amide bonds. The molecule has 2 N–H and O–H groups in total. The molecule has 0 radical (unpaired) electrons. The highest BCUT2D eigenvalue weighted by atomic mass is 79.9. The monoisotopic (exact) mass is 156 g/mol. The second kappa shape index (κ2) is 9.04. The minimum Gasteiger partial charge on any atom is -0.396 e. The lowest BCUT2D eigenvalue weighted by atomic mass is 10.5. The molecule has 0 aliphatic carbocycles. The van der Waals surface area contributed by atoms with Crippen LogP contribution in [0.25, 0.3) is 0 Å². The van der Waals surface area contributed by atoms with Crippen molar-refractivity contribution in [1.29, 1.82) is 0 Å². The van der Waals surface area contributed by atoms with E-state index in [-0.39, 0.29) is 30.2 Å². The molecule has 0 fully saturated rings. The van der Waals surface area contributed by atoms with Crippen molar-refractivity contribution in [3.05, 3.63) is 0 Å². The lowest BCUT2D eigenvalue weighted by molar-refractivity contribution is 0.221. The zero-order chi connectivity index (χ0) is 4.12. The van der Waals surface area contributed by atoms with Crippen molar-refractivity contribution in [2.24, 2.45) is 0 Å². The Balaban J connectivity index is 0. The molecule has 3 heteroatoms. The molecular weight excluding hydrogens is 148 g/mol. The molecular formula is C3H9BrO2. The predicted octanol–water partition coefficient (Wildman–Crippen LogP) is -0.0610. The van der Waals surface area contributed by atoms with E-state index in [0.29, 0.717) is 6.42 Å². The summed E-state index contributed by atoms with van der Waals surface area (Å²) in [5.74, 6) is 0. The molecule has 0 unspecified atom stereocenters. The third kappa shape index (κ3) is 8.83. The van der Waals surface area contributed by atoms with E-state index in [0.717, 1.165) is 0 Å². The zero-order valence-electron chi connectivity index (χ0n) is 3.42. The van der Waals surface area contributed by atoms with Gasteiger partial charge in [-0.3, -0.25) is 0 Å². The summed E-state index contributed by atoms with van der Waals surface area (Å²) in [6, 6.07) is 0. The van der Waals surface area contributed by atoms with E-state index in [2.05, 4.69) is 0 Å². The van der Waals surface area contributed by atoms with Crippen LogP contribution >= 0.6 is 17.0 Å². The molecule has 0 saturated carbocycles. The molecule has 0 aromatic rings. The summed E-state index contributed by atoms with van der Waals surface area (Å²) >= 11 is 0. The molecule has 0 aliphatic heterocycles. The van der Waals surface area contributed by atoms with Crippen molar-refractivity contribution in [2.45, 2.75) is 6.42 Å². The lowest BCUT2D eigenvalue weighted by Crippen LogP contribution is -1.85. The first-order chi connectivity index (χ1) is 2.41. The average Bonchev–Trinajstić information content (AvgIpc) is 1.41. The number of halogens is 1. The van der Waals surface area contributed by atoms with E-state index in [1.807, 2.05) is 0 Å². The van der Waals surface area contributed by atoms with Gasteiger partial charge in [0.2, 0.25) is 0 Å². The Hall–Kier alpha value is 0.400. The maximum absolute atomic E-state index is 7.91. The van der Waals surface area contributed by atoms with Crippen LogP contribution < -0.4 is 0 Å². The Morgan fingerprint density at radius 1 is 1.00 bits per heavy atom. The van der Waals surface area contributed by atoms with E-state index in [4.69, 9.17) is 10.2 Å². The van der Waals surface area contributed by atoms with Crippen LogP contribution in [-0.4, -0.2) is 23.4 Å². The molecule has 0 aromatic heterocycles. The largest absolute Gasteiger partial charge is 0.396 e. The van der Waals surface area contributed by atoms with Crippen LogP contribution in [0.2, 0.25) is 0 Å². The van der Waals surface area contributed by atoms with Crippen molar-refractivity contribution in [1.82, 2.24) is 0 Å². The standard InChI is InChI=1S/C3H8O2.BrH/c4-2-1-3-5;/h4-5H,1-3H2;1H. The minimum atomic E-state index is 0. The molecule has 0 bridgehead atoms. The highest BCUT2D eigenvalue weighted by molar-refractivity contribution is 8.93. The highest BCUT2D eigenvalue weighted by Crippen LogP contribution is 1.65. The van der Waals surface area contributed by atoms with E-state index < -0.39 is 0 Å². The van der Waals surface area contributed by atoms with Crippen molar-refractivity contribution >= 4 is 17.0 Å². The fraction of sp³-hybridized carbons (Fsp3) is 1.00. The normalized spacial score (nSPS) is 7.00. The predicted molar refractivity (Wildman–Crippen MR) is 29.1 cm³/mol. The molecule has 0 rings (SSSR count). The quantitative estimate of drug-likeness (QED) is 0.589. The van der Waals surface area contributed by atoms with Crippen LogP contribution in [0.15, 0.2) is 0 Å². The molecule has 2 nitrogen and oxygen atoms in total. The maximum Gasteiger partial charge on any atom is 0.0452 e. The molecule has 0 aliphatic rings. The van der Waals surface area contributed by atoms with Gasteiger partial charge in [0.05, 0.1) is 0 Å². The van der Waals surface area contributed by atoms with Gasteiger partial charge in [0.1, 0.15) is 0 Å². The average molecular weight is 157 g/mol. The van der Waals surface area contributed by atoms with Crippen LogP contribution in [0.5, 0.6) is 0 Å². The summed E-state index contributed by atoms with van der Waals surface area (Å²) in [6.45, 7) is 0.188. The van der Waals surface area contributed by atoms with Crippen molar-refractivity contribution in [2.75, 3.05) is 13.2 Å². The fourth-order valence-electron chi connectivity index (χ4n) is 0.0707. The third-order valence-electron chi connectivity index (χ3n) is 0.316. The van der Waals surface area contributed by atoms with Gasteiger partial charge < -0.3 is 10.2 Å². The number of hydrogen-bond acceptors (Lipinski definition) is 2. The molecule has 0 spiro atoms. The first kappa shape index (κ1) is 9.64. The summed E-state index contributed by atoms with van der Waals surface area (Å²) in [4.78, 5) is 0. The second-order valence-corrected chi connectivity index (χ2v) is 0.801. The van der Waals surface area contributed by atoms with Crippen molar-refractivity contribution in [3.8, 4) is 0 Å².